The van der Waals surface area contributed by atoms with E-state index in [1.807, 2.05) is 0 Å². The molecule has 1 amide bonds. The summed E-state index contributed by atoms with van der Waals surface area (Å²) in [6, 6.07) is 5.46. The van der Waals surface area contributed by atoms with Crippen molar-refractivity contribution in [2.24, 2.45) is 0 Å². The first-order valence-corrected chi connectivity index (χ1v) is 7.84. The fourth-order valence-electron chi connectivity index (χ4n) is 2.60. The van der Waals surface area contributed by atoms with Gasteiger partial charge in [-0.1, -0.05) is 0 Å². The second-order valence-electron chi connectivity index (χ2n) is 5.79. The van der Waals surface area contributed by atoms with Gasteiger partial charge in [-0.2, -0.15) is 13.2 Å². The molecule has 0 atom stereocenters. The Morgan fingerprint density at radius 1 is 1.26 bits per heavy atom. The molecule has 1 fully saturated rings. The van der Waals surface area contributed by atoms with E-state index in [1.165, 1.54) is 6.20 Å². The fraction of sp³-hybridized carbons (Fsp3) is 0.250. The highest BCUT2D eigenvalue weighted by Crippen LogP contribution is 2.36. The molecule has 0 aliphatic carbocycles. The number of anilines is 3. The molecule has 3 rings (SSSR count). The van der Waals surface area contributed by atoms with E-state index in [-0.39, 0.29) is 18.1 Å². The maximum absolute atomic E-state index is 12.8. The molecule has 8 nitrogen and oxygen atoms in total. The lowest BCUT2D eigenvalue weighted by Crippen LogP contribution is -2.48. The Kier molecular flexibility index (Phi) is 4.84. The zero-order valence-electron chi connectivity index (χ0n) is 13.8. The van der Waals surface area contributed by atoms with E-state index in [9.17, 15) is 28.1 Å². The molecule has 0 spiro atoms. The van der Waals surface area contributed by atoms with E-state index in [2.05, 4.69) is 15.6 Å². The van der Waals surface area contributed by atoms with E-state index >= 15 is 0 Å². The molecule has 0 unspecified atom stereocenters. The number of nitro benzene ring substituents is 1. The second kappa shape index (κ2) is 7.09. The van der Waals surface area contributed by atoms with Gasteiger partial charge in [0, 0.05) is 19.2 Å². The first kappa shape index (κ1) is 18.4. The molecule has 11 heteroatoms. The van der Waals surface area contributed by atoms with Crippen LogP contribution < -0.4 is 15.5 Å². The maximum Gasteiger partial charge on any atom is 0.416 e. The molecule has 1 aromatic heterocycles. The molecule has 1 aliphatic rings. The van der Waals surface area contributed by atoms with Gasteiger partial charge in [-0.3, -0.25) is 14.9 Å². The van der Waals surface area contributed by atoms with Crippen molar-refractivity contribution in [2.75, 3.05) is 29.9 Å². The average Bonchev–Trinajstić information content (AvgIpc) is 2.61. The monoisotopic (exact) mass is 381 g/mol. The van der Waals surface area contributed by atoms with Crippen LogP contribution in [-0.2, 0) is 11.0 Å². The minimum atomic E-state index is -4.67. The summed E-state index contributed by atoms with van der Waals surface area (Å²) in [5.74, 6) is 0.433. The normalized spacial score (nSPS) is 14.6. The zero-order valence-corrected chi connectivity index (χ0v) is 13.8. The van der Waals surface area contributed by atoms with Gasteiger partial charge in [0.2, 0.25) is 5.91 Å². The third-order valence-corrected chi connectivity index (χ3v) is 3.91. The van der Waals surface area contributed by atoms with Gasteiger partial charge in [0.15, 0.2) is 0 Å². The van der Waals surface area contributed by atoms with Gasteiger partial charge >= 0.3 is 6.18 Å². The molecule has 0 radical (unpaired) electrons. The van der Waals surface area contributed by atoms with Crippen LogP contribution in [0, 0.1) is 10.1 Å². The Labute approximate surface area is 151 Å². The van der Waals surface area contributed by atoms with Crippen LogP contribution in [0.1, 0.15) is 5.56 Å². The highest BCUT2D eigenvalue weighted by atomic mass is 19.4. The van der Waals surface area contributed by atoms with Crippen molar-refractivity contribution in [1.82, 2.24) is 10.3 Å². The quantitative estimate of drug-likeness (QED) is 0.624. The number of nitro groups is 1. The van der Waals surface area contributed by atoms with Crippen molar-refractivity contribution in [3.63, 3.8) is 0 Å². The zero-order chi connectivity index (χ0) is 19.6. The molecule has 2 heterocycles. The number of aromatic nitrogens is 1. The van der Waals surface area contributed by atoms with Gasteiger partial charge in [-0.05, 0) is 24.3 Å². The number of nitrogens with zero attached hydrogens (tertiary/aromatic N) is 3. The molecule has 1 aromatic carbocycles. The van der Waals surface area contributed by atoms with Crippen LogP contribution in [0.4, 0.5) is 36.1 Å². The molecule has 142 valence electrons. The summed E-state index contributed by atoms with van der Waals surface area (Å²) in [5.41, 5.74) is -1.51. The number of pyridine rings is 1. The van der Waals surface area contributed by atoms with Crippen LogP contribution in [0.25, 0.3) is 0 Å². The van der Waals surface area contributed by atoms with Gasteiger partial charge in [-0.25, -0.2) is 4.98 Å². The fourth-order valence-corrected chi connectivity index (χ4v) is 2.60. The smallest absolute Gasteiger partial charge is 0.353 e. The Balaban J connectivity index is 1.80. The van der Waals surface area contributed by atoms with Gasteiger partial charge in [0.25, 0.3) is 5.69 Å². The SMILES string of the molecule is O=C1CN(c2ccc(Nc3ccc(C(F)(F)F)cc3[N+](=O)[O-])cn2)CCN1. The topological polar surface area (TPSA) is 100 Å². The summed E-state index contributed by atoms with van der Waals surface area (Å²) in [4.78, 5) is 27.6. The number of halogens is 3. The molecular formula is C16H14F3N5O3. The van der Waals surface area contributed by atoms with Crippen LogP contribution in [0.2, 0.25) is 0 Å². The lowest BCUT2D eigenvalue weighted by atomic mass is 10.1. The highest BCUT2D eigenvalue weighted by Gasteiger charge is 2.33. The van der Waals surface area contributed by atoms with Crippen LogP contribution >= 0.6 is 0 Å². The minimum Gasteiger partial charge on any atom is -0.353 e. The summed E-state index contributed by atoms with van der Waals surface area (Å²) in [6.45, 7) is 1.26. The third kappa shape index (κ3) is 4.25. The largest absolute Gasteiger partial charge is 0.416 e. The number of hydrogen-bond acceptors (Lipinski definition) is 6. The molecule has 27 heavy (non-hydrogen) atoms. The Morgan fingerprint density at radius 3 is 2.63 bits per heavy atom. The van der Waals surface area contributed by atoms with Crippen molar-refractivity contribution in [3.05, 3.63) is 52.2 Å². The Hall–Kier alpha value is -3.37. The summed E-state index contributed by atoms with van der Waals surface area (Å²) >= 11 is 0. The number of nitrogens with one attached hydrogen (secondary N) is 2. The first-order chi connectivity index (χ1) is 12.7. The van der Waals surface area contributed by atoms with Gasteiger partial charge < -0.3 is 15.5 Å². The minimum absolute atomic E-state index is 0.0834. The van der Waals surface area contributed by atoms with E-state index < -0.39 is 22.4 Å². The average molecular weight is 381 g/mol. The van der Waals surface area contributed by atoms with E-state index in [0.29, 0.717) is 30.7 Å². The maximum atomic E-state index is 12.8. The van der Waals surface area contributed by atoms with Gasteiger partial charge in [-0.15, -0.1) is 0 Å². The number of carbonyl (C=O) groups is 1. The summed E-state index contributed by atoms with van der Waals surface area (Å²) in [6.07, 6.45) is -3.28. The Bertz CT molecular complexity index is 871. The molecule has 1 saturated heterocycles. The van der Waals surface area contributed by atoms with Crippen LogP contribution in [0.5, 0.6) is 0 Å². The van der Waals surface area contributed by atoms with Crippen molar-refractivity contribution < 1.29 is 22.9 Å². The first-order valence-electron chi connectivity index (χ1n) is 7.84. The predicted molar refractivity (Wildman–Crippen MR) is 90.8 cm³/mol. The van der Waals surface area contributed by atoms with Crippen molar-refractivity contribution in [2.45, 2.75) is 6.18 Å². The van der Waals surface area contributed by atoms with Gasteiger partial charge in [0.05, 0.1) is 28.9 Å². The Morgan fingerprint density at radius 2 is 2.04 bits per heavy atom. The highest BCUT2D eigenvalue weighted by molar-refractivity contribution is 5.82. The lowest BCUT2D eigenvalue weighted by molar-refractivity contribution is -0.384. The molecule has 0 saturated carbocycles. The van der Waals surface area contributed by atoms with Crippen molar-refractivity contribution >= 4 is 28.8 Å². The van der Waals surface area contributed by atoms with Crippen molar-refractivity contribution in [3.8, 4) is 0 Å². The number of benzene rings is 1. The van der Waals surface area contributed by atoms with E-state index in [4.69, 9.17) is 0 Å². The van der Waals surface area contributed by atoms with Gasteiger partial charge in [0.1, 0.15) is 11.5 Å². The molecule has 0 bridgehead atoms. The number of amides is 1. The third-order valence-electron chi connectivity index (χ3n) is 3.91. The molecule has 1 aliphatic heterocycles. The molecule has 2 aromatic rings. The molecule has 2 N–H and O–H groups in total. The van der Waals surface area contributed by atoms with E-state index in [1.54, 1.807) is 17.0 Å². The van der Waals surface area contributed by atoms with Crippen LogP contribution in [0.15, 0.2) is 36.5 Å². The van der Waals surface area contributed by atoms with E-state index in [0.717, 1.165) is 12.1 Å². The summed E-state index contributed by atoms with van der Waals surface area (Å²) in [5, 5.41) is 16.5. The predicted octanol–water partition coefficient (Wildman–Crippen LogP) is 2.69. The molecular weight excluding hydrogens is 367 g/mol. The van der Waals surface area contributed by atoms with Crippen LogP contribution in [0.3, 0.4) is 0 Å². The van der Waals surface area contributed by atoms with Crippen LogP contribution in [-0.4, -0.2) is 35.4 Å². The number of carbonyl (C=O) groups excluding carboxylic acids is 1. The lowest BCUT2D eigenvalue weighted by Gasteiger charge is -2.27. The standard InChI is InChI=1S/C16H14F3N5O3/c17-16(18,19)10-1-3-12(13(7-10)24(26)27)22-11-2-4-14(21-8-11)23-6-5-20-15(25)9-23/h1-4,7-8,22H,5-6,9H2,(H,20,25). The number of piperazine rings is 1. The summed E-state index contributed by atoms with van der Waals surface area (Å²) < 4.78 is 38.3. The number of rotatable bonds is 4. The van der Waals surface area contributed by atoms with Crippen molar-refractivity contribution in [1.29, 1.82) is 0 Å². The number of hydrogen-bond donors (Lipinski definition) is 2. The summed E-state index contributed by atoms with van der Waals surface area (Å²) in [7, 11) is 0. The second-order valence-corrected chi connectivity index (χ2v) is 5.79. The number of alkyl halides is 3.